The van der Waals surface area contributed by atoms with Gasteiger partial charge < -0.3 is 15.2 Å². The van der Waals surface area contributed by atoms with Crippen LogP contribution in [0.1, 0.15) is 83.7 Å². The number of pyridine rings is 1. The molecule has 2 heterocycles. The predicted molar refractivity (Wildman–Crippen MR) is 135 cm³/mol. The average molecular weight is 477 g/mol. The first kappa shape index (κ1) is 23.8. The Hall–Kier alpha value is -2.93. The van der Waals surface area contributed by atoms with Gasteiger partial charge >= 0.3 is 0 Å². The molecule has 7 nitrogen and oxygen atoms in total. The Kier molecular flexibility index (Phi) is 7.32. The minimum absolute atomic E-state index is 0.0104. The first-order chi connectivity index (χ1) is 17.1. The first-order valence-electron chi connectivity index (χ1n) is 13.2. The second kappa shape index (κ2) is 10.8. The summed E-state index contributed by atoms with van der Waals surface area (Å²) in [4.78, 5) is 41.7. The zero-order valence-electron chi connectivity index (χ0n) is 20.4. The van der Waals surface area contributed by atoms with E-state index in [0.29, 0.717) is 12.5 Å². The summed E-state index contributed by atoms with van der Waals surface area (Å²) < 4.78 is 1.89. The zero-order valence-corrected chi connectivity index (χ0v) is 20.4. The van der Waals surface area contributed by atoms with Crippen molar-refractivity contribution in [3.8, 4) is 0 Å². The van der Waals surface area contributed by atoms with Gasteiger partial charge in [0.25, 0.3) is 11.8 Å². The molecule has 3 aliphatic rings. The lowest BCUT2D eigenvalue weighted by molar-refractivity contribution is 0.0935. The fourth-order valence-corrected chi connectivity index (χ4v) is 5.43. The molecule has 186 valence electrons. The van der Waals surface area contributed by atoms with E-state index in [9.17, 15) is 14.4 Å². The van der Waals surface area contributed by atoms with Crippen LogP contribution in [-0.2, 0) is 6.54 Å². The quantitative estimate of drug-likeness (QED) is 0.611. The van der Waals surface area contributed by atoms with Crippen LogP contribution in [-0.4, -0.2) is 47.0 Å². The fourth-order valence-electron chi connectivity index (χ4n) is 5.43. The highest BCUT2D eigenvalue weighted by Crippen LogP contribution is 2.34. The average Bonchev–Trinajstić information content (AvgIpc) is 3.64. The van der Waals surface area contributed by atoms with Gasteiger partial charge in [0, 0.05) is 50.7 Å². The lowest BCUT2D eigenvalue weighted by Crippen LogP contribution is -2.41. The van der Waals surface area contributed by atoms with Crippen molar-refractivity contribution in [1.82, 2.24) is 20.1 Å². The van der Waals surface area contributed by atoms with E-state index in [0.717, 1.165) is 51.7 Å². The molecule has 0 spiro atoms. The number of benzene rings is 1. The van der Waals surface area contributed by atoms with Gasteiger partial charge in [-0.15, -0.1) is 0 Å². The third kappa shape index (κ3) is 6.01. The van der Waals surface area contributed by atoms with Crippen LogP contribution >= 0.6 is 0 Å². The summed E-state index contributed by atoms with van der Waals surface area (Å²) in [7, 11) is 0. The third-order valence-corrected chi connectivity index (χ3v) is 7.64. The van der Waals surface area contributed by atoms with Crippen molar-refractivity contribution in [2.24, 2.45) is 5.92 Å². The van der Waals surface area contributed by atoms with Crippen LogP contribution in [0, 0.1) is 5.92 Å². The van der Waals surface area contributed by atoms with Crippen molar-refractivity contribution in [3.05, 3.63) is 69.6 Å². The molecule has 35 heavy (non-hydrogen) atoms. The summed E-state index contributed by atoms with van der Waals surface area (Å²) in [6, 6.07) is 10.6. The van der Waals surface area contributed by atoms with Gasteiger partial charge in [-0.05, 0) is 43.6 Å². The van der Waals surface area contributed by atoms with Crippen molar-refractivity contribution in [2.75, 3.05) is 19.6 Å². The molecular formula is C28H36N4O3. The van der Waals surface area contributed by atoms with E-state index in [2.05, 4.69) is 27.7 Å². The highest BCUT2D eigenvalue weighted by Gasteiger charge is 2.29. The Bertz CT molecular complexity index is 1100. The molecule has 0 unspecified atom stereocenters. The SMILES string of the molecule is O=C(NCC1CCCCC1)c1cn(C2CC2)cc(C(=O)N[C@H]2CCN(Cc3ccccc3)C2)c1=O. The van der Waals surface area contributed by atoms with Crippen molar-refractivity contribution >= 4 is 11.8 Å². The molecule has 1 aromatic heterocycles. The predicted octanol–water partition coefficient (Wildman–Crippen LogP) is 3.50. The van der Waals surface area contributed by atoms with Gasteiger partial charge in [0.05, 0.1) is 0 Å². The second-order valence-electron chi connectivity index (χ2n) is 10.5. The number of hydrogen-bond donors (Lipinski definition) is 2. The first-order valence-corrected chi connectivity index (χ1v) is 13.2. The number of carbonyl (C=O) groups is 2. The van der Waals surface area contributed by atoms with Gasteiger partial charge in [0.15, 0.2) is 0 Å². The van der Waals surface area contributed by atoms with Crippen molar-refractivity contribution < 1.29 is 9.59 Å². The standard InChI is InChI=1S/C28H36N4O3/c33-26-24(27(34)29-15-20-7-3-1-4-8-20)18-32(23-11-12-23)19-25(26)28(35)30-22-13-14-31(17-22)16-21-9-5-2-6-10-21/h2,5-6,9-10,18-20,22-23H,1,3-4,7-8,11-17H2,(H,29,34)(H,30,35)/t22-/m0/s1. The minimum atomic E-state index is -0.473. The number of nitrogens with one attached hydrogen (secondary N) is 2. The molecule has 2 amide bonds. The van der Waals surface area contributed by atoms with Gasteiger partial charge in [0.1, 0.15) is 11.1 Å². The maximum atomic E-state index is 13.2. The maximum Gasteiger partial charge on any atom is 0.257 e. The number of likely N-dealkylation sites (tertiary alicyclic amines) is 1. The topological polar surface area (TPSA) is 83.4 Å². The van der Waals surface area contributed by atoms with E-state index in [1.165, 1.54) is 24.8 Å². The summed E-state index contributed by atoms with van der Waals surface area (Å²) in [5, 5.41) is 6.04. The molecule has 2 aliphatic carbocycles. The summed E-state index contributed by atoms with van der Waals surface area (Å²) >= 11 is 0. The van der Waals surface area contributed by atoms with E-state index in [1.807, 2.05) is 22.8 Å². The molecule has 1 aromatic carbocycles. The van der Waals surface area contributed by atoms with Gasteiger partial charge in [-0.25, -0.2) is 0 Å². The van der Waals surface area contributed by atoms with Crippen LogP contribution in [0.2, 0.25) is 0 Å². The summed E-state index contributed by atoms with van der Waals surface area (Å²) in [5.41, 5.74) is 0.930. The van der Waals surface area contributed by atoms with Crippen molar-refractivity contribution in [2.45, 2.75) is 70.0 Å². The van der Waals surface area contributed by atoms with E-state index in [4.69, 9.17) is 0 Å². The number of nitrogens with zero attached hydrogens (tertiary/aromatic N) is 2. The highest BCUT2D eigenvalue weighted by molar-refractivity contribution is 5.99. The van der Waals surface area contributed by atoms with Gasteiger partial charge in [-0.1, -0.05) is 49.6 Å². The Morgan fingerprint density at radius 1 is 0.886 bits per heavy atom. The highest BCUT2D eigenvalue weighted by atomic mass is 16.2. The summed E-state index contributed by atoms with van der Waals surface area (Å²) in [5.74, 6) is -0.261. The van der Waals surface area contributed by atoms with Crippen LogP contribution in [0.4, 0.5) is 0 Å². The number of amides is 2. The number of rotatable bonds is 8. The van der Waals surface area contributed by atoms with E-state index in [-0.39, 0.29) is 35.0 Å². The molecule has 1 saturated heterocycles. The van der Waals surface area contributed by atoms with Gasteiger partial charge in [-0.2, -0.15) is 0 Å². The molecule has 5 rings (SSSR count). The van der Waals surface area contributed by atoms with Gasteiger partial charge in [-0.3, -0.25) is 19.3 Å². The lowest BCUT2D eigenvalue weighted by atomic mass is 9.89. The Morgan fingerprint density at radius 2 is 1.60 bits per heavy atom. The summed E-state index contributed by atoms with van der Waals surface area (Å²) in [6.07, 6.45) is 12.1. The Morgan fingerprint density at radius 3 is 2.31 bits per heavy atom. The molecule has 3 fully saturated rings. The fraction of sp³-hybridized carbons (Fsp3) is 0.536. The Balaban J connectivity index is 1.25. The summed E-state index contributed by atoms with van der Waals surface area (Å²) in [6.45, 7) is 3.09. The van der Waals surface area contributed by atoms with E-state index in [1.54, 1.807) is 12.4 Å². The smallest absolute Gasteiger partial charge is 0.257 e. The number of carbonyl (C=O) groups excluding carboxylic acids is 2. The normalized spacial score (nSPS) is 21.1. The van der Waals surface area contributed by atoms with Gasteiger partial charge in [0.2, 0.25) is 5.43 Å². The molecular weight excluding hydrogens is 440 g/mol. The molecule has 2 N–H and O–H groups in total. The molecule has 0 bridgehead atoms. The molecule has 1 aliphatic heterocycles. The van der Waals surface area contributed by atoms with E-state index >= 15 is 0 Å². The zero-order chi connectivity index (χ0) is 24.2. The molecule has 2 aromatic rings. The van der Waals surface area contributed by atoms with Crippen molar-refractivity contribution in [1.29, 1.82) is 0 Å². The molecule has 2 saturated carbocycles. The molecule has 1 atom stereocenters. The lowest BCUT2D eigenvalue weighted by Gasteiger charge is -2.21. The molecule has 0 radical (unpaired) electrons. The second-order valence-corrected chi connectivity index (χ2v) is 10.5. The number of hydrogen-bond acceptors (Lipinski definition) is 4. The van der Waals surface area contributed by atoms with Crippen LogP contribution in [0.15, 0.2) is 47.5 Å². The maximum absolute atomic E-state index is 13.2. The third-order valence-electron chi connectivity index (χ3n) is 7.64. The Labute approximate surface area is 206 Å². The van der Waals surface area contributed by atoms with Crippen LogP contribution in [0.25, 0.3) is 0 Å². The van der Waals surface area contributed by atoms with Crippen LogP contribution in [0.3, 0.4) is 0 Å². The van der Waals surface area contributed by atoms with Crippen LogP contribution in [0.5, 0.6) is 0 Å². The largest absolute Gasteiger partial charge is 0.352 e. The molecule has 7 heteroatoms. The van der Waals surface area contributed by atoms with E-state index < -0.39 is 5.43 Å². The minimum Gasteiger partial charge on any atom is -0.352 e. The van der Waals surface area contributed by atoms with Crippen LogP contribution < -0.4 is 16.1 Å². The number of aromatic nitrogens is 1. The monoisotopic (exact) mass is 476 g/mol. The van der Waals surface area contributed by atoms with Crippen molar-refractivity contribution in [3.63, 3.8) is 0 Å².